The molecule has 0 atom stereocenters. The van der Waals surface area contributed by atoms with Crippen molar-refractivity contribution in [3.05, 3.63) is 41.5 Å². The molecule has 0 aromatic heterocycles. The third-order valence-electron chi connectivity index (χ3n) is 2.12. The van der Waals surface area contributed by atoms with E-state index >= 15 is 0 Å². The summed E-state index contributed by atoms with van der Waals surface area (Å²) in [4.78, 5) is 22.3. The lowest BCUT2D eigenvalue weighted by atomic mass is 10.1. The summed E-state index contributed by atoms with van der Waals surface area (Å²) in [6.45, 7) is 2.10. The molecule has 90 valence electrons. The second-order valence-corrected chi connectivity index (χ2v) is 3.33. The van der Waals surface area contributed by atoms with Gasteiger partial charge in [0.15, 0.2) is 5.78 Å². The molecule has 2 N–H and O–H groups in total. The van der Waals surface area contributed by atoms with E-state index in [1.807, 2.05) is 0 Å². The minimum Gasteiger partial charge on any atom is -0.463 e. The van der Waals surface area contributed by atoms with Crippen molar-refractivity contribution in [2.75, 3.05) is 13.2 Å². The van der Waals surface area contributed by atoms with Crippen molar-refractivity contribution in [2.45, 2.75) is 6.92 Å². The molecule has 0 heterocycles. The molecule has 0 unspecified atom stereocenters. The first-order chi connectivity index (χ1) is 8.17. The standard InChI is InChI=1S/C13H15NO3/c1-2-17-13(16)8-5-10-3-6-11(7-4-10)12(15)9-14/h3-8H,2,9,14H2,1H3. The Kier molecular flexibility index (Phi) is 5.10. The molecule has 0 saturated heterocycles. The molecule has 1 rings (SSSR count). The average molecular weight is 233 g/mol. The molecule has 17 heavy (non-hydrogen) atoms. The van der Waals surface area contributed by atoms with Crippen molar-refractivity contribution in [1.82, 2.24) is 0 Å². The zero-order chi connectivity index (χ0) is 12.7. The van der Waals surface area contributed by atoms with Crippen LogP contribution in [-0.2, 0) is 9.53 Å². The molecule has 0 aliphatic carbocycles. The fourth-order valence-corrected chi connectivity index (χ4v) is 1.25. The second kappa shape index (κ2) is 6.60. The van der Waals surface area contributed by atoms with Crippen molar-refractivity contribution in [1.29, 1.82) is 0 Å². The highest BCUT2D eigenvalue weighted by molar-refractivity contribution is 5.97. The molecular formula is C13H15NO3. The number of hydrogen-bond acceptors (Lipinski definition) is 4. The Hall–Kier alpha value is -1.94. The van der Waals surface area contributed by atoms with Gasteiger partial charge in [0.25, 0.3) is 0 Å². The molecule has 1 aromatic rings. The van der Waals surface area contributed by atoms with Crippen molar-refractivity contribution >= 4 is 17.8 Å². The number of hydrogen-bond donors (Lipinski definition) is 1. The minimum atomic E-state index is -0.380. The maximum atomic E-state index is 11.3. The average Bonchev–Trinajstić information content (AvgIpc) is 2.36. The number of Topliss-reactive ketones (excluding diaryl/α,β-unsaturated/α-hetero) is 1. The zero-order valence-corrected chi connectivity index (χ0v) is 9.68. The summed E-state index contributed by atoms with van der Waals surface area (Å²) in [5, 5.41) is 0. The van der Waals surface area contributed by atoms with Crippen molar-refractivity contribution in [2.24, 2.45) is 5.73 Å². The summed E-state index contributed by atoms with van der Waals surface area (Å²) in [7, 11) is 0. The minimum absolute atomic E-state index is 0.00197. The van der Waals surface area contributed by atoms with E-state index < -0.39 is 0 Å². The van der Waals surface area contributed by atoms with Crippen LogP contribution in [0.1, 0.15) is 22.8 Å². The van der Waals surface area contributed by atoms with Crippen LogP contribution in [0.2, 0.25) is 0 Å². The molecule has 0 radical (unpaired) electrons. The molecule has 0 fully saturated rings. The first-order valence-electron chi connectivity index (χ1n) is 5.35. The third kappa shape index (κ3) is 4.20. The summed E-state index contributed by atoms with van der Waals surface area (Å²) >= 11 is 0. The van der Waals surface area contributed by atoms with Crippen LogP contribution in [0.25, 0.3) is 6.08 Å². The largest absolute Gasteiger partial charge is 0.463 e. The van der Waals surface area contributed by atoms with Crippen LogP contribution in [0.3, 0.4) is 0 Å². The van der Waals surface area contributed by atoms with E-state index in [9.17, 15) is 9.59 Å². The van der Waals surface area contributed by atoms with Crippen LogP contribution in [0.5, 0.6) is 0 Å². The van der Waals surface area contributed by atoms with Crippen LogP contribution >= 0.6 is 0 Å². The number of ketones is 1. The molecule has 4 nitrogen and oxygen atoms in total. The van der Waals surface area contributed by atoms with E-state index in [4.69, 9.17) is 10.5 Å². The van der Waals surface area contributed by atoms with E-state index in [0.29, 0.717) is 12.2 Å². The Morgan fingerprint density at radius 3 is 2.47 bits per heavy atom. The Labute approximate surface area is 100 Å². The lowest BCUT2D eigenvalue weighted by Gasteiger charge is -1.99. The number of carbonyl (C=O) groups is 2. The van der Waals surface area contributed by atoms with Gasteiger partial charge in [-0.1, -0.05) is 24.3 Å². The highest BCUT2D eigenvalue weighted by Crippen LogP contribution is 2.06. The Morgan fingerprint density at radius 2 is 1.94 bits per heavy atom. The number of ether oxygens (including phenoxy) is 1. The van der Waals surface area contributed by atoms with Gasteiger partial charge < -0.3 is 10.5 Å². The lowest BCUT2D eigenvalue weighted by Crippen LogP contribution is -2.13. The van der Waals surface area contributed by atoms with Crippen LogP contribution < -0.4 is 5.73 Å². The van der Waals surface area contributed by atoms with E-state index in [1.165, 1.54) is 6.08 Å². The molecule has 0 saturated carbocycles. The smallest absolute Gasteiger partial charge is 0.330 e. The SMILES string of the molecule is CCOC(=O)C=Cc1ccc(C(=O)CN)cc1. The molecule has 0 aliphatic rings. The first-order valence-corrected chi connectivity index (χ1v) is 5.35. The highest BCUT2D eigenvalue weighted by Gasteiger charge is 2.01. The summed E-state index contributed by atoms with van der Waals surface area (Å²) in [5.74, 6) is -0.486. The van der Waals surface area contributed by atoms with E-state index in [0.717, 1.165) is 5.56 Å². The molecular weight excluding hydrogens is 218 g/mol. The van der Waals surface area contributed by atoms with Gasteiger partial charge >= 0.3 is 5.97 Å². The van der Waals surface area contributed by atoms with Crippen LogP contribution in [0.15, 0.2) is 30.3 Å². The van der Waals surface area contributed by atoms with Gasteiger partial charge in [0.1, 0.15) is 0 Å². The Balaban J connectivity index is 2.68. The van der Waals surface area contributed by atoms with Crippen LogP contribution in [0.4, 0.5) is 0 Å². The predicted molar refractivity (Wildman–Crippen MR) is 65.5 cm³/mol. The van der Waals surface area contributed by atoms with Gasteiger partial charge in [-0.3, -0.25) is 4.79 Å². The van der Waals surface area contributed by atoms with Gasteiger partial charge in [0, 0.05) is 11.6 Å². The second-order valence-electron chi connectivity index (χ2n) is 3.33. The van der Waals surface area contributed by atoms with Crippen molar-refractivity contribution in [3.63, 3.8) is 0 Å². The topological polar surface area (TPSA) is 69.4 Å². The predicted octanol–water partition coefficient (Wildman–Crippen LogP) is 1.40. The molecule has 0 spiro atoms. The summed E-state index contributed by atoms with van der Waals surface area (Å²) < 4.78 is 4.75. The normalized spacial score (nSPS) is 10.5. The zero-order valence-electron chi connectivity index (χ0n) is 9.68. The number of nitrogens with two attached hydrogens (primary N) is 1. The molecule has 1 aromatic carbocycles. The monoisotopic (exact) mass is 233 g/mol. The maximum Gasteiger partial charge on any atom is 0.330 e. The summed E-state index contributed by atoms with van der Waals surface area (Å²) in [5.41, 5.74) is 6.64. The maximum absolute atomic E-state index is 11.3. The van der Waals surface area contributed by atoms with Crippen LogP contribution in [-0.4, -0.2) is 24.9 Å². The molecule has 0 bridgehead atoms. The highest BCUT2D eigenvalue weighted by atomic mass is 16.5. The number of rotatable bonds is 5. The third-order valence-corrected chi connectivity index (χ3v) is 2.12. The Bertz CT molecular complexity index is 421. The number of esters is 1. The quantitative estimate of drug-likeness (QED) is 0.474. The summed E-state index contributed by atoms with van der Waals surface area (Å²) in [6.07, 6.45) is 2.98. The fourth-order valence-electron chi connectivity index (χ4n) is 1.25. The van der Waals surface area contributed by atoms with E-state index in [2.05, 4.69) is 0 Å². The number of benzene rings is 1. The van der Waals surface area contributed by atoms with Gasteiger partial charge in [-0.25, -0.2) is 4.79 Å². The number of carbonyl (C=O) groups excluding carboxylic acids is 2. The van der Waals surface area contributed by atoms with Gasteiger partial charge in [-0.05, 0) is 18.6 Å². The first kappa shape index (κ1) is 13.1. The van der Waals surface area contributed by atoms with Gasteiger partial charge in [0.05, 0.1) is 13.2 Å². The van der Waals surface area contributed by atoms with Gasteiger partial charge in [0.2, 0.25) is 0 Å². The van der Waals surface area contributed by atoms with E-state index in [1.54, 1.807) is 37.3 Å². The molecule has 4 heteroatoms. The van der Waals surface area contributed by atoms with Crippen molar-refractivity contribution in [3.8, 4) is 0 Å². The van der Waals surface area contributed by atoms with Gasteiger partial charge in [-0.2, -0.15) is 0 Å². The molecule has 0 aliphatic heterocycles. The molecule has 0 amide bonds. The lowest BCUT2D eigenvalue weighted by molar-refractivity contribution is -0.137. The van der Waals surface area contributed by atoms with Crippen molar-refractivity contribution < 1.29 is 14.3 Å². The van der Waals surface area contributed by atoms with Crippen LogP contribution in [0, 0.1) is 0 Å². The van der Waals surface area contributed by atoms with Gasteiger partial charge in [-0.15, -0.1) is 0 Å². The Morgan fingerprint density at radius 1 is 1.29 bits per heavy atom. The fraction of sp³-hybridized carbons (Fsp3) is 0.231. The van der Waals surface area contributed by atoms with E-state index in [-0.39, 0.29) is 18.3 Å². The summed E-state index contributed by atoms with van der Waals surface area (Å²) in [6, 6.07) is 6.86.